The monoisotopic (exact) mass is 268 g/mol. The summed E-state index contributed by atoms with van der Waals surface area (Å²) in [6.45, 7) is 7.22. The van der Waals surface area contributed by atoms with Gasteiger partial charge in [-0.25, -0.2) is 9.67 Å². The zero-order chi connectivity index (χ0) is 14.1. The van der Waals surface area contributed by atoms with Crippen LogP contribution in [0.2, 0.25) is 0 Å². The third kappa shape index (κ3) is 2.11. The highest BCUT2D eigenvalue weighted by molar-refractivity contribution is 5.83. The lowest BCUT2D eigenvalue weighted by Gasteiger charge is -2.12. The second-order valence-electron chi connectivity index (χ2n) is 5.37. The maximum atomic E-state index is 4.41. The molecular weight excluding hydrogens is 248 g/mol. The fourth-order valence-electron chi connectivity index (χ4n) is 2.73. The minimum absolute atomic E-state index is 0.333. The van der Waals surface area contributed by atoms with Crippen molar-refractivity contribution < 1.29 is 0 Å². The van der Waals surface area contributed by atoms with E-state index >= 15 is 0 Å². The van der Waals surface area contributed by atoms with E-state index in [0.29, 0.717) is 6.04 Å². The normalized spacial score (nSPS) is 11.6. The predicted octanol–water partition coefficient (Wildman–Crippen LogP) is 3.42. The summed E-state index contributed by atoms with van der Waals surface area (Å²) in [5, 5.41) is 5.60. The van der Waals surface area contributed by atoms with Crippen molar-refractivity contribution in [2.45, 2.75) is 39.8 Å². The first kappa shape index (κ1) is 12.9. The van der Waals surface area contributed by atoms with Gasteiger partial charge < -0.3 is 4.57 Å². The highest BCUT2D eigenvalue weighted by Crippen LogP contribution is 2.22. The zero-order valence-corrected chi connectivity index (χ0v) is 12.2. The molecule has 0 atom stereocenters. The maximum Gasteiger partial charge on any atom is 0.147 e. The topological polar surface area (TPSA) is 35.6 Å². The van der Waals surface area contributed by atoms with Crippen molar-refractivity contribution in [3.63, 3.8) is 0 Å². The van der Waals surface area contributed by atoms with Crippen LogP contribution in [0, 0.1) is 0 Å². The number of hydrogen-bond donors (Lipinski definition) is 0. The van der Waals surface area contributed by atoms with E-state index in [0.717, 1.165) is 18.8 Å². The molecule has 0 N–H and O–H groups in total. The Balaban J connectivity index is 2.05. The van der Waals surface area contributed by atoms with Crippen molar-refractivity contribution in [1.82, 2.24) is 19.3 Å². The molecule has 2 aromatic heterocycles. The van der Waals surface area contributed by atoms with Gasteiger partial charge in [-0.15, -0.1) is 0 Å². The third-order valence-corrected chi connectivity index (χ3v) is 3.70. The van der Waals surface area contributed by atoms with E-state index < -0.39 is 0 Å². The van der Waals surface area contributed by atoms with Crippen molar-refractivity contribution >= 4 is 10.9 Å². The molecule has 4 nitrogen and oxygen atoms in total. The molecular formula is C16H20N4. The summed E-state index contributed by atoms with van der Waals surface area (Å²) in [4.78, 5) is 4.41. The number of fused-ring (bicyclic) bond motifs is 1. The highest BCUT2D eigenvalue weighted by atomic mass is 15.4. The lowest BCUT2D eigenvalue weighted by Crippen LogP contribution is -2.11. The Hall–Kier alpha value is -2.10. The van der Waals surface area contributed by atoms with Crippen LogP contribution >= 0.6 is 0 Å². The van der Waals surface area contributed by atoms with E-state index in [2.05, 4.69) is 65.9 Å². The molecule has 0 radical (unpaired) electrons. The minimum atomic E-state index is 0.333. The SMILES string of the molecule is CCc1cccc2ccn(Cc3ncnn3C(C)C)c12. The smallest absolute Gasteiger partial charge is 0.147 e. The highest BCUT2D eigenvalue weighted by Gasteiger charge is 2.11. The molecule has 0 aliphatic carbocycles. The van der Waals surface area contributed by atoms with Gasteiger partial charge in [0.2, 0.25) is 0 Å². The fourth-order valence-corrected chi connectivity index (χ4v) is 2.73. The van der Waals surface area contributed by atoms with Crippen LogP contribution in [-0.4, -0.2) is 19.3 Å². The fraction of sp³-hybridized carbons (Fsp3) is 0.375. The van der Waals surface area contributed by atoms with E-state index in [-0.39, 0.29) is 0 Å². The molecule has 0 spiro atoms. The van der Waals surface area contributed by atoms with Gasteiger partial charge in [0.1, 0.15) is 12.2 Å². The van der Waals surface area contributed by atoms with E-state index in [9.17, 15) is 0 Å². The van der Waals surface area contributed by atoms with Crippen LogP contribution in [0.3, 0.4) is 0 Å². The second-order valence-corrected chi connectivity index (χ2v) is 5.37. The molecule has 0 aliphatic heterocycles. The third-order valence-electron chi connectivity index (χ3n) is 3.70. The quantitative estimate of drug-likeness (QED) is 0.726. The Morgan fingerprint density at radius 2 is 2.05 bits per heavy atom. The zero-order valence-electron chi connectivity index (χ0n) is 12.2. The Labute approximate surface area is 119 Å². The first-order valence-corrected chi connectivity index (χ1v) is 7.15. The molecule has 0 saturated heterocycles. The number of aryl methyl sites for hydroxylation is 1. The van der Waals surface area contributed by atoms with Gasteiger partial charge in [0.05, 0.1) is 12.1 Å². The summed E-state index contributed by atoms with van der Waals surface area (Å²) in [5.41, 5.74) is 2.69. The molecule has 2 heterocycles. The van der Waals surface area contributed by atoms with Crippen LogP contribution in [0.4, 0.5) is 0 Å². The van der Waals surface area contributed by atoms with Crippen molar-refractivity contribution in [2.75, 3.05) is 0 Å². The molecule has 1 aromatic carbocycles. The Morgan fingerprint density at radius 1 is 1.20 bits per heavy atom. The molecule has 20 heavy (non-hydrogen) atoms. The van der Waals surface area contributed by atoms with Gasteiger partial charge in [0.25, 0.3) is 0 Å². The molecule has 104 valence electrons. The summed E-state index contributed by atoms with van der Waals surface area (Å²) in [6.07, 6.45) is 4.82. The predicted molar refractivity (Wildman–Crippen MR) is 80.8 cm³/mol. The molecule has 0 fully saturated rings. The summed E-state index contributed by atoms with van der Waals surface area (Å²) in [7, 11) is 0. The van der Waals surface area contributed by atoms with E-state index in [1.54, 1.807) is 6.33 Å². The van der Waals surface area contributed by atoms with Gasteiger partial charge in [0, 0.05) is 12.2 Å². The molecule has 0 bridgehead atoms. The van der Waals surface area contributed by atoms with E-state index in [1.807, 2.05) is 4.68 Å². The van der Waals surface area contributed by atoms with Gasteiger partial charge in [0.15, 0.2) is 0 Å². The van der Waals surface area contributed by atoms with Crippen LogP contribution in [0.25, 0.3) is 10.9 Å². The van der Waals surface area contributed by atoms with Gasteiger partial charge in [-0.05, 0) is 37.3 Å². The van der Waals surface area contributed by atoms with Gasteiger partial charge in [-0.2, -0.15) is 5.10 Å². The number of benzene rings is 1. The van der Waals surface area contributed by atoms with Crippen LogP contribution in [-0.2, 0) is 13.0 Å². The van der Waals surface area contributed by atoms with E-state index in [1.165, 1.54) is 16.5 Å². The average Bonchev–Trinajstić information content (AvgIpc) is 3.06. The molecule has 4 heteroatoms. The average molecular weight is 268 g/mol. The first-order valence-electron chi connectivity index (χ1n) is 7.15. The first-order chi connectivity index (χ1) is 9.70. The Morgan fingerprint density at radius 3 is 2.80 bits per heavy atom. The molecule has 3 rings (SSSR count). The second kappa shape index (κ2) is 5.12. The molecule has 0 amide bonds. The summed E-state index contributed by atoms with van der Waals surface area (Å²) < 4.78 is 4.26. The summed E-state index contributed by atoms with van der Waals surface area (Å²) >= 11 is 0. The Kier molecular flexibility index (Phi) is 3.30. The molecule has 0 aliphatic rings. The molecule has 0 saturated carbocycles. The summed E-state index contributed by atoms with van der Waals surface area (Å²) in [6, 6.07) is 9.00. The van der Waals surface area contributed by atoms with Crippen molar-refractivity contribution in [2.24, 2.45) is 0 Å². The standard InChI is InChI=1S/C16H20N4/c1-4-13-6-5-7-14-8-9-19(16(13)14)10-15-17-11-18-20(15)12(2)3/h5-9,11-12H,4,10H2,1-3H3. The summed E-state index contributed by atoms with van der Waals surface area (Å²) in [5.74, 6) is 1.00. The molecule has 0 unspecified atom stereocenters. The van der Waals surface area contributed by atoms with Gasteiger partial charge in [-0.3, -0.25) is 0 Å². The van der Waals surface area contributed by atoms with Gasteiger partial charge >= 0.3 is 0 Å². The number of nitrogens with zero attached hydrogens (tertiary/aromatic N) is 4. The van der Waals surface area contributed by atoms with Crippen LogP contribution in [0.1, 0.15) is 38.2 Å². The maximum absolute atomic E-state index is 4.41. The lowest BCUT2D eigenvalue weighted by atomic mass is 10.1. The van der Waals surface area contributed by atoms with E-state index in [4.69, 9.17) is 0 Å². The number of rotatable bonds is 4. The lowest BCUT2D eigenvalue weighted by molar-refractivity contribution is 0.498. The van der Waals surface area contributed by atoms with Crippen LogP contribution in [0.15, 0.2) is 36.8 Å². The number of hydrogen-bond acceptors (Lipinski definition) is 2. The van der Waals surface area contributed by atoms with Crippen molar-refractivity contribution in [3.05, 3.63) is 48.2 Å². The van der Waals surface area contributed by atoms with Crippen molar-refractivity contribution in [3.8, 4) is 0 Å². The van der Waals surface area contributed by atoms with Crippen LogP contribution in [0.5, 0.6) is 0 Å². The Bertz CT molecular complexity index is 721. The van der Waals surface area contributed by atoms with Gasteiger partial charge in [-0.1, -0.05) is 25.1 Å². The number of para-hydroxylation sites is 1. The molecule has 3 aromatic rings. The minimum Gasteiger partial charge on any atom is -0.340 e. The largest absolute Gasteiger partial charge is 0.340 e. The number of aromatic nitrogens is 4. The van der Waals surface area contributed by atoms with Crippen LogP contribution < -0.4 is 0 Å². The van der Waals surface area contributed by atoms with Crippen molar-refractivity contribution in [1.29, 1.82) is 0 Å².